The van der Waals surface area contributed by atoms with Crippen molar-refractivity contribution < 1.29 is 0 Å². The molecule has 3 saturated carbocycles. The van der Waals surface area contributed by atoms with Gasteiger partial charge in [0.1, 0.15) is 0 Å². The van der Waals surface area contributed by atoms with Gasteiger partial charge in [0.05, 0.1) is 12.0 Å². The molecule has 0 heterocycles. The summed E-state index contributed by atoms with van der Waals surface area (Å²) in [5, 5.41) is 10.2. The second kappa shape index (κ2) is 4.35. The van der Waals surface area contributed by atoms with Crippen molar-refractivity contribution in [2.45, 2.75) is 31.6 Å². The van der Waals surface area contributed by atoms with Gasteiger partial charge in [-0.3, -0.25) is 0 Å². The van der Waals surface area contributed by atoms with E-state index in [2.05, 4.69) is 18.2 Å². The highest BCUT2D eigenvalue weighted by atomic mass is 35.5. The van der Waals surface area contributed by atoms with E-state index in [0.717, 1.165) is 5.02 Å². The van der Waals surface area contributed by atoms with E-state index in [1.165, 1.54) is 31.2 Å². The molecule has 1 aromatic rings. The van der Waals surface area contributed by atoms with Gasteiger partial charge in [-0.15, -0.1) is 0 Å². The molecule has 3 aliphatic carbocycles. The predicted molar refractivity (Wildman–Crippen MR) is 68.7 cm³/mol. The van der Waals surface area contributed by atoms with Crippen LogP contribution in [0.4, 0.5) is 0 Å². The van der Waals surface area contributed by atoms with Crippen molar-refractivity contribution in [3.05, 3.63) is 34.9 Å². The average Bonchev–Trinajstić information content (AvgIpc) is 2.40. The van der Waals surface area contributed by atoms with Crippen molar-refractivity contribution in [1.82, 2.24) is 0 Å². The smallest absolute Gasteiger partial charge is 0.0665 e. The van der Waals surface area contributed by atoms with Crippen LogP contribution in [0.25, 0.3) is 0 Å². The molecule has 0 aliphatic heterocycles. The van der Waals surface area contributed by atoms with E-state index in [1.54, 1.807) is 0 Å². The number of nitrogens with zero attached hydrogens (tertiary/aromatic N) is 1. The maximum absolute atomic E-state index is 9.42. The fourth-order valence-corrected chi connectivity index (χ4v) is 3.93. The Hall–Kier alpha value is -1.00. The Morgan fingerprint density at radius 3 is 2.18 bits per heavy atom. The standard InChI is InChI=1S/C15H16ClN/c16-13-7-5-12(6-8-13)15-11-3-1-10(2-4-11)14(15)9-17/h5-8,10-11,14-15H,1-4H2/t10?,11?,14-,15-/m1/s1. The van der Waals surface area contributed by atoms with Crippen molar-refractivity contribution in [1.29, 1.82) is 5.26 Å². The third-order valence-electron chi connectivity index (χ3n) is 4.62. The largest absolute Gasteiger partial charge is 0.198 e. The highest BCUT2D eigenvalue weighted by Crippen LogP contribution is 2.53. The van der Waals surface area contributed by atoms with E-state index < -0.39 is 0 Å². The van der Waals surface area contributed by atoms with Gasteiger partial charge in [0.25, 0.3) is 0 Å². The van der Waals surface area contributed by atoms with Gasteiger partial charge in [-0.05, 0) is 55.2 Å². The summed E-state index contributed by atoms with van der Waals surface area (Å²) in [7, 11) is 0. The average molecular weight is 246 g/mol. The molecule has 2 heteroatoms. The molecule has 3 aliphatic rings. The molecular weight excluding hydrogens is 230 g/mol. The third kappa shape index (κ3) is 1.85. The molecule has 1 nitrogen and oxygen atoms in total. The zero-order valence-electron chi connectivity index (χ0n) is 9.77. The van der Waals surface area contributed by atoms with E-state index in [-0.39, 0.29) is 5.92 Å². The number of benzene rings is 1. The van der Waals surface area contributed by atoms with Gasteiger partial charge in [-0.1, -0.05) is 23.7 Å². The van der Waals surface area contributed by atoms with Gasteiger partial charge >= 0.3 is 0 Å². The minimum absolute atomic E-state index is 0.226. The van der Waals surface area contributed by atoms with Gasteiger partial charge in [0, 0.05) is 10.9 Å². The molecule has 1 aromatic carbocycles. The van der Waals surface area contributed by atoms with Crippen LogP contribution in [0.5, 0.6) is 0 Å². The Balaban J connectivity index is 1.95. The van der Waals surface area contributed by atoms with E-state index >= 15 is 0 Å². The third-order valence-corrected chi connectivity index (χ3v) is 4.88. The molecule has 2 atom stereocenters. The maximum Gasteiger partial charge on any atom is 0.0665 e. The fourth-order valence-electron chi connectivity index (χ4n) is 3.80. The molecule has 3 fully saturated rings. The van der Waals surface area contributed by atoms with E-state index in [1.807, 2.05) is 12.1 Å². The van der Waals surface area contributed by atoms with Gasteiger partial charge < -0.3 is 0 Å². The SMILES string of the molecule is N#C[C@@H]1C2CCC(CC2)[C@@H]1c1ccc(Cl)cc1. The molecule has 0 N–H and O–H groups in total. The summed E-state index contributed by atoms with van der Waals surface area (Å²) in [6.07, 6.45) is 5.12. The lowest BCUT2D eigenvalue weighted by atomic mass is 9.57. The molecule has 0 amide bonds. The maximum atomic E-state index is 9.42. The van der Waals surface area contributed by atoms with Crippen molar-refractivity contribution in [3.8, 4) is 6.07 Å². The zero-order valence-corrected chi connectivity index (χ0v) is 10.5. The van der Waals surface area contributed by atoms with Crippen molar-refractivity contribution in [2.75, 3.05) is 0 Å². The van der Waals surface area contributed by atoms with E-state index in [4.69, 9.17) is 11.6 Å². The first-order valence-electron chi connectivity index (χ1n) is 6.44. The molecule has 0 aromatic heterocycles. The monoisotopic (exact) mass is 245 g/mol. The zero-order chi connectivity index (χ0) is 11.8. The molecule has 0 spiro atoms. The van der Waals surface area contributed by atoms with Crippen LogP contribution in [0, 0.1) is 29.1 Å². The minimum Gasteiger partial charge on any atom is -0.198 e. The topological polar surface area (TPSA) is 23.8 Å². The molecule has 0 unspecified atom stereocenters. The number of hydrogen-bond acceptors (Lipinski definition) is 1. The fraction of sp³-hybridized carbons (Fsp3) is 0.533. The predicted octanol–water partition coefficient (Wildman–Crippen LogP) is 4.38. The summed E-state index contributed by atoms with van der Waals surface area (Å²) >= 11 is 5.93. The summed E-state index contributed by atoms with van der Waals surface area (Å²) in [4.78, 5) is 0. The number of fused-ring (bicyclic) bond motifs is 3. The van der Waals surface area contributed by atoms with Crippen molar-refractivity contribution in [2.24, 2.45) is 17.8 Å². The van der Waals surface area contributed by atoms with Gasteiger partial charge in [-0.2, -0.15) is 5.26 Å². The van der Waals surface area contributed by atoms with Crippen LogP contribution < -0.4 is 0 Å². The lowest BCUT2D eigenvalue weighted by Gasteiger charge is -2.46. The highest BCUT2D eigenvalue weighted by molar-refractivity contribution is 6.30. The summed E-state index contributed by atoms with van der Waals surface area (Å²) in [6.45, 7) is 0. The molecule has 0 radical (unpaired) electrons. The summed E-state index contributed by atoms with van der Waals surface area (Å²) in [5.74, 6) is 2.02. The molecule has 0 saturated heterocycles. The van der Waals surface area contributed by atoms with Crippen LogP contribution in [0.15, 0.2) is 24.3 Å². The first-order chi connectivity index (χ1) is 8.29. The van der Waals surface area contributed by atoms with Crippen LogP contribution in [-0.4, -0.2) is 0 Å². The molecule has 2 bridgehead atoms. The molecule has 17 heavy (non-hydrogen) atoms. The van der Waals surface area contributed by atoms with Crippen LogP contribution in [0.1, 0.15) is 37.2 Å². The Labute approximate surface area is 107 Å². The van der Waals surface area contributed by atoms with E-state index in [9.17, 15) is 5.26 Å². The van der Waals surface area contributed by atoms with Crippen LogP contribution in [0.3, 0.4) is 0 Å². The minimum atomic E-state index is 0.226. The first-order valence-corrected chi connectivity index (χ1v) is 6.82. The number of halogens is 1. The molecule has 4 rings (SSSR count). The van der Waals surface area contributed by atoms with E-state index in [0.29, 0.717) is 17.8 Å². The lowest BCUT2D eigenvalue weighted by Crippen LogP contribution is -2.37. The second-order valence-corrected chi connectivity index (χ2v) is 5.84. The first kappa shape index (κ1) is 11.1. The Morgan fingerprint density at radius 2 is 1.59 bits per heavy atom. The molecular formula is C15H16ClN. The van der Waals surface area contributed by atoms with Crippen molar-refractivity contribution >= 4 is 11.6 Å². The normalized spacial score (nSPS) is 35.5. The summed E-state index contributed by atoms with van der Waals surface area (Å²) in [5.41, 5.74) is 1.32. The van der Waals surface area contributed by atoms with Crippen LogP contribution in [-0.2, 0) is 0 Å². The van der Waals surface area contributed by atoms with Crippen molar-refractivity contribution in [3.63, 3.8) is 0 Å². The number of hydrogen-bond donors (Lipinski definition) is 0. The Kier molecular flexibility index (Phi) is 2.84. The van der Waals surface area contributed by atoms with Crippen LogP contribution in [0.2, 0.25) is 5.02 Å². The van der Waals surface area contributed by atoms with Gasteiger partial charge in [-0.25, -0.2) is 0 Å². The van der Waals surface area contributed by atoms with Crippen LogP contribution >= 0.6 is 11.6 Å². The second-order valence-electron chi connectivity index (χ2n) is 5.41. The quantitative estimate of drug-likeness (QED) is 0.720. The highest BCUT2D eigenvalue weighted by Gasteiger charge is 2.44. The Morgan fingerprint density at radius 1 is 1.00 bits per heavy atom. The van der Waals surface area contributed by atoms with Gasteiger partial charge in [0.15, 0.2) is 0 Å². The lowest BCUT2D eigenvalue weighted by molar-refractivity contribution is 0.100. The summed E-state index contributed by atoms with van der Waals surface area (Å²) < 4.78 is 0. The summed E-state index contributed by atoms with van der Waals surface area (Å²) in [6, 6.07) is 10.7. The Bertz CT molecular complexity index is 437. The molecule has 88 valence electrons. The number of rotatable bonds is 1. The number of nitriles is 1. The van der Waals surface area contributed by atoms with Gasteiger partial charge in [0.2, 0.25) is 0 Å².